The fraction of sp³-hybridized carbons (Fsp3) is 0.458. The monoisotopic (exact) mass is 538 g/mol. The molecule has 0 atom stereocenters. The van der Waals surface area contributed by atoms with E-state index in [0.717, 1.165) is 44.1 Å². The fourth-order valence-electron chi connectivity index (χ4n) is 4.53. The average Bonchev–Trinajstić information content (AvgIpc) is 3.10. The van der Waals surface area contributed by atoms with Gasteiger partial charge in [-0.2, -0.15) is 18.3 Å². The number of hydrogen-bond donors (Lipinski definition) is 2. The van der Waals surface area contributed by atoms with Crippen molar-refractivity contribution in [1.29, 1.82) is 0 Å². The third-order valence-corrected chi connectivity index (χ3v) is 6.65. The van der Waals surface area contributed by atoms with Crippen LogP contribution in [0.5, 0.6) is 0 Å². The molecule has 2 aromatic rings. The minimum absolute atomic E-state index is 0.0196. The molecule has 3 heterocycles. The predicted octanol–water partition coefficient (Wildman–Crippen LogP) is 2.88. The number of anilines is 3. The molecule has 2 aliphatic rings. The zero-order chi connectivity index (χ0) is 26.6. The number of hydrazone groups is 1. The standard InChI is InChI=1S/C24H30F4N8S/c1-33-7-9-35(10-8-33)20-14-21(19(25)13-17(20)15-31-32-23(29)37)34-5-2-6-36(12-11-34)22-4-3-18(16-30-22)24(26,27)28/h3-4,13-16H,2,5-12H2,1H3,(H3,29,32,37)/b31-15+. The highest BCUT2D eigenvalue weighted by Gasteiger charge is 2.31. The van der Waals surface area contributed by atoms with Gasteiger partial charge in [0.05, 0.1) is 17.5 Å². The van der Waals surface area contributed by atoms with E-state index >= 15 is 4.39 Å². The summed E-state index contributed by atoms with van der Waals surface area (Å²) in [5.41, 5.74) is 9.14. The van der Waals surface area contributed by atoms with Crippen LogP contribution in [0.25, 0.3) is 0 Å². The summed E-state index contributed by atoms with van der Waals surface area (Å²) in [5.74, 6) is 0.0982. The topological polar surface area (TPSA) is 76.3 Å². The molecule has 2 aliphatic heterocycles. The van der Waals surface area contributed by atoms with E-state index in [1.807, 2.05) is 15.9 Å². The van der Waals surface area contributed by atoms with Crippen LogP contribution < -0.4 is 25.9 Å². The highest BCUT2D eigenvalue weighted by molar-refractivity contribution is 7.80. The van der Waals surface area contributed by atoms with E-state index in [2.05, 4.69) is 32.4 Å². The first-order valence-corrected chi connectivity index (χ1v) is 12.4. The molecular weight excluding hydrogens is 508 g/mol. The van der Waals surface area contributed by atoms with Gasteiger partial charge in [-0.05, 0) is 50.0 Å². The minimum Gasteiger partial charge on any atom is -0.375 e. The molecule has 0 spiro atoms. The van der Waals surface area contributed by atoms with Crippen LogP contribution in [0.4, 0.5) is 34.8 Å². The van der Waals surface area contributed by atoms with E-state index < -0.39 is 11.7 Å². The Morgan fingerprint density at radius 1 is 1.00 bits per heavy atom. The first kappa shape index (κ1) is 26.9. The third-order valence-electron chi connectivity index (χ3n) is 6.55. The largest absolute Gasteiger partial charge is 0.417 e. The zero-order valence-corrected chi connectivity index (χ0v) is 21.3. The molecule has 1 aromatic carbocycles. The molecule has 4 rings (SSSR count). The number of nitrogens with zero attached hydrogens (tertiary/aromatic N) is 6. The molecule has 8 nitrogen and oxygen atoms in total. The molecule has 3 N–H and O–H groups in total. The lowest BCUT2D eigenvalue weighted by atomic mass is 10.1. The smallest absolute Gasteiger partial charge is 0.375 e. The van der Waals surface area contributed by atoms with Crippen molar-refractivity contribution in [2.45, 2.75) is 12.6 Å². The summed E-state index contributed by atoms with van der Waals surface area (Å²) in [7, 11) is 2.07. The normalized spacial score (nSPS) is 17.8. The lowest BCUT2D eigenvalue weighted by Crippen LogP contribution is -2.45. The number of aromatic nitrogens is 1. The second-order valence-electron chi connectivity index (χ2n) is 9.12. The van der Waals surface area contributed by atoms with Gasteiger partial charge in [0, 0.05) is 69.8 Å². The van der Waals surface area contributed by atoms with Gasteiger partial charge in [-0.25, -0.2) is 9.37 Å². The summed E-state index contributed by atoms with van der Waals surface area (Å²) < 4.78 is 54.1. The molecule has 13 heteroatoms. The molecule has 0 unspecified atom stereocenters. The van der Waals surface area contributed by atoms with Crippen molar-refractivity contribution >= 4 is 40.7 Å². The number of benzene rings is 1. The lowest BCUT2D eigenvalue weighted by molar-refractivity contribution is -0.137. The van der Waals surface area contributed by atoms with Gasteiger partial charge < -0.3 is 25.3 Å². The Morgan fingerprint density at radius 3 is 2.30 bits per heavy atom. The SMILES string of the molecule is CN1CCN(c2cc(N3CCCN(c4ccc(C(F)(F)F)cn4)CC3)c(F)cc2/C=N/NC(N)=S)CC1. The lowest BCUT2D eigenvalue weighted by Gasteiger charge is -2.35. The Labute approximate surface area is 218 Å². The van der Waals surface area contributed by atoms with Gasteiger partial charge in [0.15, 0.2) is 5.11 Å². The van der Waals surface area contributed by atoms with E-state index in [0.29, 0.717) is 49.7 Å². The molecule has 200 valence electrons. The Bertz CT molecular complexity index is 1120. The second-order valence-corrected chi connectivity index (χ2v) is 9.56. The average molecular weight is 539 g/mol. The van der Waals surface area contributed by atoms with Crippen LogP contribution in [-0.4, -0.2) is 80.6 Å². The Morgan fingerprint density at radius 2 is 1.65 bits per heavy atom. The molecule has 0 amide bonds. The van der Waals surface area contributed by atoms with E-state index in [1.54, 1.807) is 0 Å². The number of nitrogens with two attached hydrogens (primary N) is 1. The quantitative estimate of drug-likeness (QED) is 0.261. The van der Waals surface area contributed by atoms with E-state index in [4.69, 9.17) is 18.0 Å². The van der Waals surface area contributed by atoms with Crippen LogP contribution in [0, 0.1) is 5.82 Å². The Hall–Kier alpha value is -3.19. The van der Waals surface area contributed by atoms with E-state index in [9.17, 15) is 13.2 Å². The molecule has 1 aromatic heterocycles. The maximum Gasteiger partial charge on any atom is 0.417 e. The van der Waals surface area contributed by atoms with Gasteiger partial charge in [-0.1, -0.05) is 0 Å². The first-order valence-electron chi connectivity index (χ1n) is 12.0. The molecule has 37 heavy (non-hydrogen) atoms. The highest BCUT2D eigenvalue weighted by Crippen LogP contribution is 2.32. The minimum atomic E-state index is -4.43. The first-order chi connectivity index (χ1) is 17.6. The van der Waals surface area contributed by atoms with Crippen LogP contribution >= 0.6 is 12.2 Å². The number of likely N-dealkylation sites (N-methyl/N-ethyl adjacent to an activating group) is 1. The molecule has 0 bridgehead atoms. The molecule has 0 radical (unpaired) electrons. The Balaban J connectivity index is 1.55. The van der Waals surface area contributed by atoms with Crippen LogP contribution in [0.1, 0.15) is 17.5 Å². The van der Waals surface area contributed by atoms with Crippen molar-refractivity contribution in [3.05, 3.63) is 47.4 Å². The van der Waals surface area contributed by atoms with Crippen LogP contribution in [0.15, 0.2) is 35.6 Å². The van der Waals surface area contributed by atoms with Gasteiger partial charge in [0.25, 0.3) is 0 Å². The number of piperazine rings is 1. The molecule has 2 fully saturated rings. The summed E-state index contributed by atoms with van der Waals surface area (Å²) in [4.78, 5) is 12.4. The summed E-state index contributed by atoms with van der Waals surface area (Å²) >= 11 is 4.79. The van der Waals surface area contributed by atoms with Crippen molar-refractivity contribution < 1.29 is 17.6 Å². The van der Waals surface area contributed by atoms with Crippen molar-refractivity contribution in [2.24, 2.45) is 10.8 Å². The van der Waals surface area contributed by atoms with Gasteiger partial charge in [0.1, 0.15) is 11.6 Å². The zero-order valence-electron chi connectivity index (χ0n) is 20.5. The second kappa shape index (κ2) is 11.5. The maximum absolute atomic E-state index is 15.4. The fourth-order valence-corrected chi connectivity index (χ4v) is 4.58. The third kappa shape index (κ3) is 6.77. The van der Waals surface area contributed by atoms with Crippen molar-refractivity contribution in [2.75, 3.05) is 74.1 Å². The summed E-state index contributed by atoms with van der Waals surface area (Å²) in [6.07, 6.45) is -1.36. The molecular formula is C24H30F4N8S. The van der Waals surface area contributed by atoms with Crippen molar-refractivity contribution in [1.82, 2.24) is 15.3 Å². The van der Waals surface area contributed by atoms with Crippen LogP contribution in [0.3, 0.4) is 0 Å². The number of halogens is 4. The number of alkyl halides is 3. The van der Waals surface area contributed by atoms with Gasteiger partial charge in [-0.15, -0.1) is 0 Å². The molecule has 0 aliphatic carbocycles. The number of nitrogens with one attached hydrogen (secondary N) is 1. The Kier molecular flexibility index (Phi) is 8.32. The number of rotatable bonds is 5. The van der Waals surface area contributed by atoms with Gasteiger partial charge in [-0.3, -0.25) is 5.43 Å². The number of thiocarbonyl (C=S) groups is 1. The van der Waals surface area contributed by atoms with E-state index in [-0.39, 0.29) is 10.9 Å². The van der Waals surface area contributed by atoms with Crippen molar-refractivity contribution in [3.63, 3.8) is 0 Å². The molecule has 2 saturated heterocycles. The molecule has 0 saturated carbocycles. The summed E-state index contributed by atoms with van der Waals surface area (Å²) in [6.45, 7) is 5.56. The van der Waals surface area contributed by atoms with E-state index in [1.165, 1.54) is 18.3 Å². The summed E-state index contributed by atoms with van der Waals surface area (Å²) in [5, 5.41) is 4.05. The van der Waals surface area contributed by atoms with Gasteiger partial charge >= 0.3 is 6.18 Å². The van der Waals surface area contributed by atoms with Gasteiger partial charge in [0.2, 0.25) is 0 Å². The maximum atomic E-state index is 15.4. The van der Waals surface area contributed by atoms with Crippen LogP contribution in [-0.2, 0) is 6.18 Å². The number of hydrogen-bond acceptors (Lipinski definition) is 7. The predicted molar refractivity (Wildman–Crippen MR) is 142 cm³/mol. The summed E-state index contributed by atoms with van der Waals surface area (Å²) in [6, 6.07) is 5.75. The highest BCUT2D eigenvalue weighted by atomic mass is 32.1. The van der Waals surface area contributed by atoms with Crippen molar-refractivity contribution in [3.8, 4) is 0 Å². The van der Waals surface area contributed by atoms with Crippen LogP contribution in [0.2, 0.25) is 0 Å². The number of pyridine rings is 1.